The number of nitrogens with zero attached hydrogens (tertiary/aromatic N) is 2. The molecule has 14 heteroatoms. The molecular formula is C27H49F3N4O7. The minimum absolute atomic E-state index is 0.0686. The Morgan fingerprint density at radius 1 is 0.561 bits per heavy atom. The molecule has 0 aliphatic heterocycles. The van der Waals surface area contributed by atoms with E-state index in [1.165, 1.54) is 9.80 Å². The second-order valence-corrected chi connectivity index (χ2v) is 12.5. The van der Waals surface area contributed by atoms with Gasteiger partial charge >= 0.3 is 30.4 Å². The lowest BCUT2D eigenvalue weighted by Gasteiger charge is -2.29. The summed E-state index contributed by atoms with van der Waals surface area (Å²) in [6.07, 6.45) is -5.18. The fraction of sp³-hybridized carbons (Fsp3) is 0.852. The summed E-state index contributed by atoms with van der Waals surface area (Å²) in [6.45, 7) is 16.6. The number of hydrogen-bond acceptors (Lipinski definition) is 7. The van der Waals surface area contributed by atoms with E-state index < -0.39 is 47.2 Å². The molecule has 0 radical (unpaired) electrons. The molecule has 0 aliphatic carbocycles. The molecular weight excluding hydrogens is 549 g/mol. The van der Waals surface area contributed by atoms with Gasteiger partial charge < -0.3 is 34.6 Å². The van der Waals surface area contributed by atoms with Crippen LogP contribution in [-0.4, -0.2) is 96.2 Å². The highest BCUT2D eigenvalue weighted by Crippen LogP contribution is 2.15. The molecule has 0 aromatic rings. The molecule has 0 atom stereocenters. The van der Waals surface area contributed by atoms with Crippen molar-refractivity contribution in [1.29, 1.82) is 0 Å². The van der Waals surface area contributed by atoms with Gasteiger partial charge in [-0.05, 0) is 88.0 Å². The molecule has 4 amide bonds. The molecule has 0 unspecified atom stereocenters. The van der Waals surface area contributed by atoms with Crippen LogP contribution in [0.4, 0.5) is 27.6 Å². The van der Waals surface area contributed by atoms with Gasteiger partial charge in [0.05, 0.1) is 0 Å². The molecule has 0 rings (SSSR count). The molecule has 0 aliphatic rings. The summed E-state index contributed by atoms with van der Waals surface area (Å²) in [6, 6.07) is 0. The lowest BCUT2D eigenvalue weighted by atomic mass is 10.2. The Morgan fingerprint density at radius 3 is 1.24 bits per heavy atom. The maximum Gasteiger partial charge on any atom is 0.471 e. The number of alkyl carbamates (subject to hydrolysis) is 1. The summed E-state index contributed by atoms with van der Waals surface area (Å²) < 4.78 is 53.3. The molecule has 2 N–H and O–H groups in total. The van der Waals surface area contributed by atoms with E-state index in [9.17, 15) is 32.3 Å². The first kappa shape index (κ1) is 38.1. The van der Waals surface area contributed by atoms with E-state index in [0.717, 1.165) is 0 Å². The van der Waals surface area contributed by atoms with E-state index in [1.54, 1.807) is 67.6 Å². The monoisotopic (exact) mass is 598 g/mol. The summed E-state index contributed by atoms with van der Waals surface area (Å²) >= 11 is 0. The van der Waals surface area contributed by atoms with Gasteiger partial charge in [-0.3, -0.25) is 4.79 Å². The van der Waals surface area contributed by atoms with Gasteiger partial charge in [-0.1, -0.05) is 0 Å². The molecule has 0 spiro atoms. The van der Waals surface area contributed by atoms with E-state index in [-0.39, 0.29) is 32.6 Å². The standard InChI is InChI=1S/C27H49F3N4O7/c1-24(2,3)39-21(36)32-15-13-19-34(23(38)41-26(7,8)9)17-11-10-16-33(22(37)40-25(4,5)6)18-12-14-31-20(35)27(28,29)30/h10-19H2,1-9H3,(H,31,35)(H,32,36). The van der Waals surface area contributed by atoms with Gasteiger partial charge in [0, 0.05) is 39.3 Å². The lowest BCUT2D eigenvalue weighted by molar-refractivity contribution is -0.173. The smallest absolute Gasteiger partial charge is 0.444 e. The van der Waals surface area contributed by atoms with Gasteiger partial charge in [-0.2, -0.15) is 13.2 Å². The summed E-state index contributed by atoms with van der Waals surface area (Å²) in [5.74, 6) is -2.04. The van der Waals surface area contributed by atoms with Crippen molar-refractivity contribution in [3.05, 3.63) is 0 Å². The molecule has 0 saturated carbocycles. The van der Waals surface area contributed by atoms with Gasteiger partial charge in [0.15, 0.2) is 0 Å². The molecule has 0 aromatic heterocycles. The fourth-order valence-electron chi connectivity index (χ4n) is 3.19. The molecule has 0 bridgehead atoms. The van der Waals surface area contributed by atoms with Crippen molar-refractivity contribution in [2.24, 2.45) is 0 Å². The number of alkyl halides is 3. The summed E-state index contributed by atoms with van der Waals surface area (Å²) in [7, 11) is 0. The third-order valence-corrected chi connectivity index (χ3v) is 4.83. The predicted molar refractivity (Wildman–Crippen MR) is 147 cm³/mol. The van der Waals surface area contributed by atoms with E-state index >= 15 is 0 Å². The maximum absolute atomic E-state index is 12.8. The lowest BCUT2D eigenvalue weighted by Crippen LogP contribution is -2.41. The predicted octanol–water partition coefficient (Wildman–Crippen LogP) is 5.22. The second-order valence-electron chi connectivity index (χ2n) is 12.5. The van der Waals surface area contributed by atoms with Gasteiger partial charge in [-0.15, -0.1) is 0 Å². The number of amides is 4. The first-order valence-electron chi connectivity index (χ1n) is 13.8. The zero-order chi connectivity index (χ0) is 32.1. The van der Waals surface area contributed by atoms with Crippen LogP contribution in [0.15, 0.2) is 0 Å². The highest BCUT2D eigenvalue weighted by atomic mass is 19.4. The Balaban J connectivity index is 5.03. The van der Waals surface area contributed by atoms with Crippen molar-refractivity contribution in [3.8, 4) is 0 Å². The van der Waals surface area contributed by atoms with Crippen molar-refractivity contribution in [1.82, 2.24) is 20.4 Å². The Kier molecular flexibility index (Phi) is 15.3. The van der Waals surface area contributed by atoms with E-state index in [2.05, 4.69) is 5.32 Å². The van der Waals surface area contributed by atoms with Crippen LogP contribution >= 0.6 is 0 Å². The number of nitrogens with one attached hydrogen (secondary N) is 2. The van der Waals surface area contributed by atoms with Crippen molar-refractivity contribution >= 4 is 24.2 Å². The molecule has 240 valence electrons. The number of unbranched alkanes of at least 4 members (excludes halogenated alkanes) is 1. The Labute approximate surface area is 241 Å². The molecule has 0 aromatic carbocycles. The minimum atomic E-state index is -4.98. The summed E-state index contributed by atoms with van der Waals surface area (Å²) in [5.41, 5.74) is -2.11. The largest absolute Gasteiger partial charge is 0.471 e. The van der Waals surface area contributed by atoms with Crippen LogP contribution in [0.2, 0.25) is 0 Å². The normalized spacial score (nSPS) is 12.3. The quantitative estimate of drug-likeness (QED) is 0.220. The zero-order valence-corrected chi connectivity index (χ0v) is 26.0. The Morgan fingerprint density at radius 2 is 0.902 bits per heavy atom. The maximum atomic E-state index is 12.8. The van der Waals surface area contributed by atoms with E-state index in [4.69, 9.17) is 14.2 Å². The van der Waals surface area contributed by atoms with Gasteiger partial charge in [0.2, 0.25) is 0 Å². The van der Waals surface area contributed by atoms with Gasteiger partial charge in [0.25, 0.3) is 0 Å². The van der Waals surface area contributed by atoms with Crippen LogP contribution in [-0.2, 0) is 19.0 Å². The number of carbonyl (C=O) groups is 4. The first-order valence-corrected chi connectivity index (χ1v) is 13.8. The number of hydrogen-bond donors (Lipinski definition) is 2. The van der Waals surface area contributed by atoms with E-state index in [1.807, 2.05) is 0 Å². The van der Waals surface area contributed by atoms with Crippen LogP contribution in [0.5, 0.6) is 0 Å². The van der Waals surface area contributed by atoms with Gasteiger partial charge in [-0.25, -0.2) is 14.4 Å². The van der Waals surface area contributed by atoms with Crippen molar-refractivity contribution in [2.75, 3.05) is 39.3 Å². The van der Waals surface area contributed by atoms with Crippen LogP contribution in [0.3, 0.4) is 0 Å². The zero-order valence-electron chi connectivity index (χ0n) is 26.0. The molecule has 0 fully saturated rings. The van der Waals surface area contributed by atoms with Crippen LogP contribution in [0.25, 0.3) is 0 Å². The molecule has 0 heterocycles. The van der Waals surface area contributed by atoms with Crippen LogP contribution in [0, 0.1) is 0 Å². The minimum Gasteiger partial charge on any atom is -0.444 e. The van der Waals surface area contributed by atoms with Gasteiger partial charge in [0.1, 0.15) is 16.8 Å². The number of ether oxygens (including phenoxy) is 3. The van der Waals surface area contributed by atoms with Crippen LogP contribution < -0.4 is 10.6 Å². The highest BCUT2D eigenvalue weighted by Gasteiger charge is 2.38. The van der Waals surface area contributed by atoms with Crippen molar-refractivity contribution in [3.63, 3.8) is 0 Å². The third-order valence-electron chi connectivity index (χ3n) is 4.83. The molecule has 11 nitrogen and oxygen atoms in total. The number of halogens is 3. The molecule has 0 saturated heterocycles. The number of carbonyl (C=O) groups excluding carboxylic acids is 4. The summed E-state index contributed by atoms with van der Waals surface area (Å²) in [5, 5.41) is 4.43. The van der Waals surface area contributed by atoms with E-state index in [0.29, 0.717) is 32.4 Å². The second kappa shape index (κ2) is 16.5. The first-order chi connectivity index (χ1) is 18.5. The molecule has 41 heavy (non-hydrogen) atoms. The fourth-order valence-corrected chi connectivity index (χ4v) is 3.19. The average molecular weight is 599 g/mol. The summed E-state index contributed by atoms with van der Waals surface area (Å²) in [4.78, 5) is 51.2. The van der Waals surface area contributed by atoms with Crippen molar-refractivity contribution < 1.29 is 46.6 Å². The average Bonchev–Trinajstić information content (AvgIpc) is 2.74. The SMILES string of the molecule is CC(C)(C)OC(=O)NCCCN(CCCCN(CCCNC(=O)C(F)(F)F)C(=O)OC(C)(C)C)C(=O)OC(C)(C)C. The van der Waals surface area contributed by atoms with Crippen molar-refractivity contribution in [2.45, 2.75) is 111 Å². The topological polar surface area (TPSA) is 127 Å². The Bertz CT molecular complexity index is 848. The number of rotatable bonds is 13. The highest BCUT2D eigenvalue weighted by molar-refractivity contribution is 5.81. The van der Waals surface area contributed by atoms with Crippen LogP contribution in [0.1, 0.15) is 88.0 Å². The Hall–Kier alpha value is -2.93. The third kappa shape index (κ3) is 20.6.